The Morgan fingerprint density at radius 1 is 1.33 bits per heavy atom. The predicted octanol–water partition coefficient (Wildman–Crippen LogP) is 2.27. The van der Waals surface area contributed by atoms with Gasteiger partial charge in [0.25, 0.3) is 5.91 Å². The minimum absolute atomic E-state index is 0. The van der Waals surface area contributed by atoms with Crippen LogP contribution in [0.15, 0.2) is 18.2 Å². The maximum Gasteiger partial charge on any atom is 0.255 e. The van der Waals surface area contributed by atoms with Crippen molar-refractivity contribution in [2.45, 2.75) is 43.8 Å². The summed E-state index contributed by atoms with van der Waals surface area (Å²) < 4.78 is 18.4. The Balaban J connectivity index is 0.00000161. The largest absolute Gasteiger partial charge is 0.496 e. The van der Waals surface area contributed by atoms with Crippen LogP contribution in [0.1, 0.15) is 36.0 Å². The van der Waals surface area contributed by atoms with Crippen molar-refractivity contribution in [1.82, 2.24) is 10.6 Å². The second kappa shape index (κ2) is 6.62. The van der Waals surface area contributed by atoms with E-state index in [1.54, 1.807) is 0 Å². The molecule has 2 aliphatic heterocycles. The highest BCUT2D eigenvalue weighted by Crippen LogP contribution is 2.27. The summed E-state index contributed by atoms with van der Waals surface area (Å²) >= 11 is 0. The fourth-order valence-electron chi connectivity index (χ4n) is 3.30. The lowest BCUT2D eigenvalue weighted by atomic mass is 9.99. The second-order valence-corrected chi connectivity index (χ2v) is 5.62. The monoisotopic (exact) mass is 314 g/mol. The van der Waals surface area contributed by atoms with E-state index in [2.05, 4.69) is 10.6 Å². The number of ether oxygens (including phenoxy) is 1. The Bertz CT molecular complexity index is 514. The summed E-state index contributed by atoms with van der Waals surface area (Å²) in [5.74, 6) is -0.283. The van der Waals surface area contributed by atoms with Gasteiger partial charge in [-0.1, -0.05) is 0 Å². The Morgan fingerprint density at radius 3 is 2.62 bits per heavy atom. The van der Waals surface area contributed by atoms with Crippen LogP contribution in [0, 0.1) is 5.82 Å². The van der Waals surface area contributed by atoms with Crippen molar-refractivity contribution >= 4 is 18.3 Å². The molecule has 116 valence electrons. The maximum absolute atomic E-state index is 13.3. The third-order valence-corrected chi connectivity index (χ3v) is 4.21. The number of amides is 1. The van der Waals surface area contributed by atoms with Crippen molar-refractivity contribution in [3.8, 4) is 5.75 Å². The molecule has 21 heavy (non-hydrogen) atoms. The topological polar surface area (TPSA) is 50.4 Å². The van der Waals surface area contributed by atoms with Crippen LogP contribution in [0.25, 0.3) is 0 Å². The first kappa shape index (κ1) is 16.0. The molecule has 2 bridgehead atoms. The van der Waals surface area contributed by atoms with Gasteiger partial charge in [0, 0.05) is 18.1 Å². The number of methoxy groups -OCH3 is 1. The van der Waals surface area contributed by atoms with E-state index in [4.69, 9.17) is 4.74 Å². The predicted molar refractivity (Wildman–Crippen MR) is 80.6 cm³/mol. The Morgan fingerprint density at radius 2 is 2.00 bits per heavy atom. The molecule has 0 aliphatic carbocycles. The van der Waals surface area contributed by atoms with Gasteiger partial charge < -0.3 is 15.4 Å². The molecule has 0 aromatic heterocycles. The number of nitrogens with one attached hydrogen (secondary N) is 2. The molecule has 2 unspecified atom stereocenters. The number of benzene rings is 1. The summed E-state index contributed by atoms with van der Waals surface area (Å²) in [5.41, 5.74) is 0.262. The summed E-state index contributed by atoms with van der Waals surface area (Å²) in [6, 6.07) is 5.18. The van der Waals surface area contributed by atoms with Crippen molar-refractivity contribution < 1.29 is 13.9 Å². The number of carbonyl (C=O) groups excluding carboxylic acids is 1. The maximum atomic E-state index is 13.3. The van der Waals surface area contributed by atoms with E-state index in [0.717, 1.165) is 12.8 Å². The fraction of sp³-hybridized carbons (Fsp3) is 0.533. The van der Waals surface area contributed by atoms with Crippen LogP contribution in [-0.4, -0.2) is 31.1 Å². The smallest absolute Gasteiger partial charge is 0.255 e. The minimum Gasteiger partial charge on any atom is -0.496 e. The molecule has 2 saturated heterocycles. The number of halogens is 2. The molecular weight excluding hydrogens is 295 g/mol. The van der Waals surface area contributed by atoms with Crippen molar-refractivity contribution in [3.63, 3.8) is 0 Å². The third kappa shape index (κ3) is 3.47. The first-order valence-corrected chi connectivity index (χ1v) is 7.06. The van der Waals surface area contributed by atoms with E-state index in [1.807, 2.05) is 0 Å². The lowest BCUT2D eigenvalue weighted by Gasteiger charge is -2.29. The van der Waals surface area contributed by atoms with Gasteiger partial charge in [-0.3, -0.25) is 4.79 Å². The summed E-state index contributed by atoms with van der Waals surface area (Å²) in [4.78, 5) is 12.3. The normalized spacial score (nSPS) is 26.9. The van der Waals surface area contributed by atoms with Gasteiger partial charge in [-0.2, -0.15) is 0 Å². The lowest BCUT2D eigenvalue weighted by molar-refractivity contribution is 0.0920. The van der Waals surface area contributed by atoms with Crippen molar-refractivity contribution in [3.05, 3.63) is 29.6 Å². The zero-order valence-electron chi connectivity index (χ0n) is 11.9. The molecular formula is C15H20ClFN2O2. The standard InChI is InChI=1S/C15H19FN2O2.ClH/c1-20-14-5-2-9(16)6-13(14)15(19)18-12-7-10-3-4-11(8-12)17-10;/h2,5-6,10-12,17H,3-4,7-8H2,1H3,(H,18,19);1H. The summed E-state index contributed by atoms with van der Waals surface area (Å²) in [6.45, 7) is 0. The van der Waals surface area contributed by atoms with Crippen LogP contribution in [0.2, 0.25) is 0 Å². The molecule has 3 rings (SSSR count). The van der Waals surface area contributed by atoms with Crippen molar-refractivity contribution in [2.24, 2.45) is 0 Å². The fourth-order valence-corrected chi connectivity index (χ4v) is 3.30. The van der Waals surface area contributed by atoms with Crippen LogP contribution in [0.5, 0.6) is 5.75 Å². The van der Waals surface area contributed by atoms with Gasteiger partial charge in [0.1, 0.15) is 11.6 Å². The van der Waals surface area contributed by atoms with Crippen molar-refractivity contribution in [2.75, 3.05) is 7.11 Å². The molecule has 1 aromatic carbocycles. The van der Waals surface area contributed by atoms with Crippen LogP contribution in [0.4, 0.5) is 4.39 Å². The zero-order valence-corrected chi connectivity index (χ0v) is 12.7. The SMILES string of the molecule is COc1ccc(F)cc1C(=O)NC1CC2CCC(C1)N2.Cl. The average Bonchev–Trinajstić information content (AvgIpc) is 2.78. The average molecular weight is 315 g/mol. The molecule has 2 fully saturated rings. The van der Waals surface area contributed by atoms with Gasteiger partial charge in [0.05, 0.1) is 12.7 Å². The van der Waals surface area contributed by atoms with Crippen LogP contribution in [0.3, 0.4) is 0 Å². The Kier molecular flexibility index (Phi) is 5.06. The molecule has 2 heterocycles. The lowest BCUT2D eigenvalue weighted by Crippen LogP contribution is -2.48. The molecule has 1 amide bonds. The van der Waals surface area contributed by atoms with Gasteiger partial charge in [0.15, 0.2) is 0 Å². The molecule has 0 radical (unpaired) electrons. The van der Waals surface area contributed by atoms with Crippen LogP contribution >= 0.6 is 12.4 Å². The van der Waals surface area contributed by atoms with Gasteiger partial charge in [-0.25, -0.2) is 4.39 Å². The van der Waals surface area contributed by atoms with Gasteiger partial charge in [-0.05, 0) is 43.9 Å². The third-order valence-electron chi connectivity index (χ3n) is 4.21. The second-order valence-electron chi connectivity index (χ2n) is 5.62. The van der Waals surface area contributed by atoms with Gasteiger partial charge in [0.2, 0.25) is 0 Å². The minimum atomic E-state index is -0.429. The van der Waals surface area contributed by atoms with Crippen molar-refractivity contribution in [1.29, 1.82) is 0 Å². The molecule has 1 aromatic rings. The zero-order chi connectivity index (χ0) is 14.1. The van der Waals surface area contributed by atoms with E-state index in [0.29, 0.717) is 17.8 Å². The Labute approximate surface area is 129 Å². The number of rotatable bonds is 3. The first-order chi connectivity index (χ1) is 9.65. The number of hydrogen-bond donors (Lipinski definition) is 2. The highest BCUT2D eigenvalue weighted by Gasteiger charge is 2.34. The molecule has 0 spiro atoms. The van der Waals surface area contributed by atoms with Crippen LogP contribution < -0.4 is 15.4 Å². The number of piperidine rings is 1. The van der Waals surface area contributed by atoms with Crippen LogP contribution in [-0.2, 0) is 0 Å². The van der Waals surface area contributed by atoms with E-state index in [-0.39, 0.29) is 29.9 Å². The molecule has 2 aliphatic rings. The molecule has 2 atom stereocenters. The highest BCUT2D eigenvalue weighted by molar-refractivity contribution is 5.97. The van der Waals surface area contributed by atoms with E-state index in [1.165, 1.54) is 38.2 Å². The van der Waals surface area contributed by atoms with E-state index < -0.39 is 5.82 Å². The first-order valence-electron chi connectivity index (χ1n) is 7.06. The summed E-state index contributed by atoms with van der Waals surface area (Å²) in [5, 5.41) is 6.54. The Hall–Kier alpha value is -1.33. The number of carbonyl (C=O) groups is 1. The molecule has 4 nitrogen and oxygen atoms in total. The van der Waals surface area contributed by atoms with Gasteiger partial charge >= 0.3 is 0 Å². The number of fused-ring (bicyclic) bond motifs is 2. The van der Waals surface area contributed by atoms with Gasteiger partial charge in [-0.15, -0.1) is 12.4 Å². The molecule has 0 saturated carbocycles. The molecule has 6 heteroatoms. The van der Waals surface area contributed by atoms with E-state index >= 15 is 0 Å². The summed E-state index contributed by atoms with van der Waals surface area (Å²) in [7, 11) is 1.48. The quantitative estimate of drug-likeness (QED) is 0.900. The molecule has 2 N–H and O–H groups in total. The van der Waals surface area contributed by atoms with E-state index in [9.17, 15) is 9.18 Å². The number of hydrogen-bond acceptors (Lipinski definition) is 3. The highest BCUT2D eigenvalue weighted by atomic mass is 35.5. The summed E-state index contributed by atoms with van der Waals surface area (Å²) in [6.07, 6.45) is 4.25.